The fourth-order valence-electron chi connectivity index (χ4n) is 2.74. The van der Waals surface area contributed by atoms with Gasteiger partial charge in [0, 0.05) is 18.8 Å². The van der Waals surface area contributed by atoms with Crippen molar-refractivity contribution in [3.8, 4) is 0 Å². The van der Waals surface area contributed by atoms with Crippen molar-refractivity contribution in [2.45, 2.75) is 46.2 Å². The summed E-state index contributed by atoms with van der Waals surface area (Å²) in [6, 6.07) is 5.64. The molecule has 1 aromatic heterocycles. The van der Waals surface area contributed by atoms with Crippen LogP contribution in [0.15, 0.2) is 18.2 Å². The van der Waals surface area contributed by atoms with Crippen molar-refractivity contribution in [1.82, 2.24) is 4.98 Å². The first-order valence-corrected chi connectivity index (χ1v) is 7.43. The third-order valence-electron chi connectivity index (χ3n) is 3.71. The fourth-order valence-corrected chi connectivity index (χ4v) is 2.74. The molecule has 0 N–H and O–H groups in total. The lowest BCUT2D eigenvalue weighted by Crippen LogP contribution is -2.42. The maximum Gasteiger partial charge on any atom is 0.393 e. The van der Waals surface area contributed by atoms with Gasteiger partial charge in [-0.2, -0.15) is 13.2 Å². The highest BCUT2D eigenvalue weighted by molar-refractivity contribution is 5.40. The Kier molecular flexibility index (Phi) is 4.49. The van der Waals surface area contributed by atoms with Crippen LogP contribution in [0.3, 0.4) is 0 Å². The van der Waals surface area contributed by atoms with E-state index in [1.165, 1.54) is 0 Å². The zero-order chi connectivity index (χ0) is 15.7. The predicted octanol–water partition coefficient (Wildman–Crippen LogP) is 4.45. The highest BCUT2D eigenvalue weighted by Crippen LogP contribution is 2.34. The van der Waals surface area contributed by atoms with Gasteiger partial charge in [0.15, 0.2) is 0 Å². The molecule has 1 aromatic rings. The topological polar surface area (TPSA) is 16.1 Å². The van der Waals surface area contributed by atoms with Crippen LogP contribution in [0, 0.1) is 11.3 Å². The lowest BCUT2D eigenvalue weighted by Gasteiger charge is -2.34. The van der Waals surface area contributed by atoms with Gasteiger partial charge in [-0.15, -0.1) is 0 Å². The summed E-state index contributed by atoms with van der Waals surface area (Å²) in [6.07, 6.45) is -2.50. The third-order valence-corrected chi connectivity index (χ3v) is 3.71. The number of pyridine rings is 1. The highest BCUT2D eigenvalue weighted by atomic mass is 19.4. The van der Waals surface area contributed by atoms with Crippen LogP contribution in [0.4, 0.5) is 19.0 Å². The van der Waals surface area contributed by atoms with Gasteiger partial charge >= 0.3 is 6.18 Å². The monoisotopic (exact) mass is 300 g/mol. The number of alkyl halides is 3. The molecule has 0 amide bonds. The molecule has 0 saturated carbocycles. The largest absolute Gasteiger partial charge is 0.393 e. The summed E-state index contributed by atoms with van der Waals surface area (Å²) in [7, 11) is 0. The van der Waals surface area contributed by atoms with Gasteiger partial charge in [0.2, 0.25) is 0 Å². The summed E-state index contributed by atoms with van der Waals surface area (Å²) in [5.41, 5.74) is 1.05. The standard InChI is InChI=1S/C16H23F3N2/c1-15(2,3)10-13-7-4-8-14(20-13)21-9-5-6-12(11-21)16(17,18)19/h4,7-8,12H,5-6,9-11H2,1-3H3/t12-/m0/s1. The average molecular weight is 300 g/mol. The van der Waals surface area contributed by atoms with E-state index >= 15 is 0 Å². The molecule has 1 atom stereocenters. The van der Waals surface area contributed by atoms with Crippen LogP contribution >= 0.6 is 0 Å². The predicted molar refractivity (Wildman–Crippen MR) is 78.4 cm³/mol. The van der Waals surface area contributed by atoms with E-state index in [4.69, 9.17) is 0 Å². The van der Waals surface area contributed by atoms with Crippen molar-refractivity contribution in [1.29, 1.82) is 0 Å². The zero-order valence-electron chi connectivity index (χ0n) is 12.9. The molecular formula is C16H23F3N2. The fraction of sp³-hybridized carbons (Fsp3) is 0.688. The molecule has 0 aromatic carbocycles. The third kappa shape index (κ3) is 4.61. The van der Waals surface area contributed by atoms with Crippen molar-refractivity contribution in [3.05, 3.63) is 23.9 Å². The highest BCUT2D eigenvalue weighted by Gasteiger charge is 2.42. The Balaban J connectivity index is 2.12. The molecule has 1 saturated heterocycles. The Morgan fingerprint density at radius 1 is 1.24 bits per heavy atom. The van der Waals surface area contributed by atoms with Crippen LogP contribution in [-0.2, 0) is 6.42 Å². The smallest absolute Gasteiger partial charge is 0.356 e. The number of rotatable bonds is 2. The van der Waals surface area contributed by atoms with Crippen LogP contribution < -0.4 is 4.90 Å². The minimum absolute atomic E-state index is 0.0233. The van der Waals surface area contributed by atoms with E-state index in [9.17, 15) is 13.2 Å². The number of aromatic nitrogens is 1. The van der Waals surface area contributed by atoms with Gasteiger partial charge in [0.25, 0.3) is 0 Å². The van der Waals surface area contributed by atoms with Crippen LogP contribution in [0.25, 0.3) is 0 Å². The van der Waals surface area contributed by atoms with Gasteiger partial charge in [0.1, 0.15) is 5.82 Å². The zero-order valence-corrected chi connectivity index (χ0v) is 12.9. The van der Waals surface area contributed by atoms with Gasteiger partial charge in [-0.3, -0.25) is 0 Å². The maximum atomic E-state index is 12.9. The number of anilines is 1. The Morgan fingerprint density at radius 2 is 1.95 bits per heavy atom. The molecule has 1 fully saturated rings. The minimum atomic E-state index is -4.11. The molecule has 0 spiro atoms. The molecule has 0 bridgehead atoms. The van der Waals surface area contributed by atoms with E-state index < -0.39 is 12.1 Å². The van der Waals surface area contributed by atoms with Crippen molar-refractivity contribution in [3.63, 3.8) is 0 Å². The van der Waals surface area contributed by atoms with Gasteiger partial charge in [-0.25, -0.2) is 4.98 Å². The number of nitrogens with zero attached hydrogens (tertiary/aromatic N) is 2. The van der Waals surface area contributed by atoms with Crippen molar-refractivity contribution >= 4 is 5.82 Å². The molecule has 2 nitrogen and oxygen atoms in total. The summed E-state index contributed by atoms with van der Waals surface area (Å²) in [5, 5.41) is 0. The molecule has 1 aliphatic heterocycles. The first-order valence-electron chi connectivity index (χ1n) is 7.43. The van der Waals surface area contributed by atoms with E-state index in [0.29, 0.717) is 18.8 Å². The van der Waals surface area contributed by atoms with Crippen LogP contribution in [0.1, 0.15) is 39.3 Å². The molecule has 1 aliphatic rings. The van der Waals surface area contributed by atoms with Crippen LogP contribution in [0.5, 0.6) is 0 Å². The second-order valence-corrected chi connectivity index (χ2v) is 7.05. The van der Waals surface area contributed by atoms with Gasteiger partial charge in [-0.1, -0.05) is 26.8 Å². The quantitative estimate of drug-likeness (QED) is 0.802. The Morgan fingerprint density at radius 3 is 2.57 bits per heavy atom. The summed E-state index contributed by atoms with van der Waals surface area (Å²) < 4.78 is 38.7. The molecule has 0 unspecified atom stereocenters. The van der Waals surface area contributed by atoms with E-state index in [0.717, 1.165) is 12.1 Å². The molecule has 2 heterocycles. The Bertz CT molecular complexity index is 477. The van der Waals surface area contributed by atoms with E-state index in [-0.39, 0.29) is 18.4 Å². The Hall–Kier alpha value is -1.26. The maximum absolute atomic E-state index is 12.9. The average Bonchev–Trinajstić information content (AvgIpc) is 2.36. The summed E-state index contributed by atoms with van der Waals surface area (Å²) in [4.78, 5) is 6.33. The molecule has 0 radical (unpaired) electrons. The normalized spacial score (nSPS) is 20.7. The van der Waals surface area contributed by atoms with E-state index in [1.807, 2.05) is 18.2 Å². The number of piperidine rings is 1. The van der Waals surface area contributed by atoms with E-state index in [2.05, 4.69) is 25.8 Å². The van der Waals surface area contributed by atoms with Crippen molar-refractivity contribution in [2.75, 3.05) is 18.0 Å². The molecule has 21 heavy (non-hydrogen) atoms. The Labute approximate surface area is 124 Å². The minimum Gasteiger partial charge on any atom is -0.356 e. The molecule has 0 aliphatic carbocycles. The SMILES string of the molecule is CC(C)(C)Cc1cccc(N2CCC[C@H](C(F)(F)F)C2)n1. The van der Waals surface area contributed by atoms with Gasteiger partial charge in [0.05, 0.1) is 5.92 Å². The van der Waals surface area contributed by atoms with Gasteiger partial charge in [-0.05, 0) is 36.8 Å². The van der Waals surface area contributed by atoms with Crippen molar-refractivity contribution < 1.29 is 13.2 Å². The second kappa shape index (κ2) is 5.85. The first-order chi connectivity index (χ1) is 9.65. The first kappa shape index (κ1) is 16.1. The summed E-state index contributed by atoms with van der Waals surface area (Å²) in [6.45, 7) is 7.06. The summed E-state index contributed by atoms with van der Waals surface area (Å²) in [5.74, 6) is -0.565. The second-order valence-electron chi connectivity index (χ2n) is 7.05. The van der Waals surface area contributed by atoms with Gasteiger partial charge < -0.3 is 4.90 Å². The number of hydrogen-bond acceptors (Lipinski definition) is 2. The molecular weight excluding hydrogens is 277 g/mol. The van der Waals surface area contributed by atoms with Crippen LogP contribution in [0.2, 0.25) is 0 Å². The number of hydrogen-bond donors (Lipinski definition) is 0. The lowest BCUT2D eigenvalue weighted by molar-refractivity contribution is -0.176. The molecule has 5 heteroatoms. The molecule has 2 rings (SSSR count). The summed E-state index contributed by atoms with van der Waals surface area (Å²) >= 11 is 0. The lowest BCUT2D eigenvalue weighted by atomic mass is 9.90. The van der Waals surface area contributed by atoms with E-state index in [1.54, 1.807) is 4.90 Å². The van der Waals surface area contributed by atoms with Crippen molar-refractivity contribution in [2.24, 2.45) is 11.3 Å². The number of halogens is 3. The molecule has 118 valence electrons. The van der Waals surface area contributed by atoms with Crippen LogP contribution in [-0.4, -0.2) is 24.2 Å².